The van der Waals surface area contributed by atoms with Gasteiger partial charge in [-0.05, 0) is 30.2 Å². The number of carbonyl (C=O) groups excluding carboxylic acids is 2. The maximum absolute atomic E-state index is 12.6. The SMILES string of the molecule is CCCCC(NC(=O)OCc1ccccc1)C(=O)Oc1ccc2ccc(=O)oc2c1. The normalized spacial score (nSPS) is 11.6. The minimum atomic E-state index is -0.855. The molecule has 1 aromatic heterocycles. The summed E-state index contributed by atoms with van der Waals surface area (Å²) >= 11 is 0. The summed E-state index contributed by atoms with van der Waals surface area (Å²) in [4.78, 5) is 36.2. The van der Waals surface area contributed by atoms with Gasteiger partial charge in [0.05, 0.1) is 0 Å². The third-order valence-electron chi connectivity index (χ3n) is 4.45. The molecule has 2 aromatic carbocycles. The smallest absolute Gasteiger partial charge is 0.408 e. The summed E-state index contributed by atoms with van der Waals surface area (Å²) in [5.74, 6) is -0.388. The van der Waals surface area contributed by atoms with Gasteiger partial charge >= 0.3 is 17.7 Å². The van der Waals surface area contributed by atoms with Crippen molar-refractivity contribution in [2.75, 3.05) is 0 Å². The zero-order valence-corrected chi connectivity index (χ0v) is 16.6. The molecule has 0 saturated heterocycles. The Morgan fingerprint density at radius 3 is 2.60 bits per heavy atom. The quantitative estimate of drug-likeness (QED) is 0.341. The Labute approximate surface area is 173 Å². The van der Waals surface area contributed by atoms with Crippen molar-refractivity contribution in [2.45, 2.75) is 38.8 Å². The number of nitrogens with one attached hydrogen (secondary N) is 1. The fourth-order valence-electron chi connectivity index (χ4n) is 2.86. The Balaban J connectivity index is 1.64. The van der Waals surface area contributed by atoms with Gasteiger partial charge in [0.2, 0.25) is 0 Å². The van der Waals surface area contributed by atoms with Crippen molar-refractivity contribution in [1.82, 2.24) is 5.32 Å². The number of benzene rings is 2. The van der Waals surface area contributed by atoms with Crippen LogP contribution in [0.3, 0.4) is 0 Å². The molecule has 0 aliphatic carbocycles. The van der Waals surface area contributed by atoms with Gasteiger partial charge in [0.25, 0.3) is 0 Å². The van der Waals surface area contributed by atoms with E-state index < -0.39 is 23.7 Å². The van der Waals surface area contributed by atoms with Crippen LogP contribution in [0, 0.1) is 0 Å². The summed E-state index contributed by atoms with van der Waals surface area (Å²) in [5.41, 5.74) is 0.667. The predicted molar refractivity (Wildman–Crippen MR) is 111 cm³/mol. The van der Waals surface area contributed by atoms with Crippen LogP contribution in [-0.4, -0.2) is 18.1 Å². The van der Waals surface area contributed by atoms with Crippen LogP contribution in [0.2, 0.25) is 0 Å². The lowest BCUT2D eigenvalue weighted by Crippen LogP contribution is -2.43. The largest absolute Gasteiger partial charge is 0.445 e. The van der Waals surface area contributed by atoms with E-state index in [1.807, 2.05) is 37.3 Å². The molecule has 0 aliphatic rings. The lowest BCUT2D eigenvalue weighted by molar-refractivity contribution is -0.136. The fourth-order valence-corrected chi connectivity index (χ4v) is 2.86. The van der Waals surface area contributed by atoms with E-state index in [0.29, 0.717) is 17.4 Å². The number of unbranched alkanes of at least 4 members (excludes halogenated alkanes) is 1. The number of amides is 1. The molecule has 0 saturated carbocycles. The number of hydrogen-bond acceptors (Lipinski definition) is 6. The van der Waals surface area contributed by atoms with Gasteiger partial charge in [-0.15, -0.1) is 0 Å². The van der Waals surface area contributed by atoms with Crippen LogP contribution in [0.15, 0.2) is 69.9 Å². The first-order chi connectivity index (χ1) is 14.5. The van der Waals surface area contributed by atoms with Crippen molar-refractivity contribution in [3.63, 3.8) is 0 Å². The summed E-state index contributed by atoms with van der Waals surface area (Å²) in [6.07, 6.45) is 1.30. The number of carbonyl (C=O) groups is 2. The van der Waals surface area contributed by atoms with Gasteiger partial charge in [-0.2, -0.15) is 0 Å². The van der Waals surface area contributed by atoms with E-state index >= 15 is 0 Å². The summed E-state index contributed by atoms with van der Waals surface area (Å²) < 4.78 is 15.7. The van der Waals surface area contributed by atoms with Gasteiger partial charge in [0.1, 0.15) is 24.0 Å². The highest BCUT2D eigenvalue weighted by atomic mass is 16.6. The average Bonchev–Trinajstić information content (AvgIpc) is 2.75. The molecule has 1 unspecified atom stereocenters. The zero-order chi connectivity index (χ0) is 21.3. The Kier molecular flexibility index (Phi) is 7.21. The predicted octanol–water partition coefficient (Wildman–Crippen LogP) is 4.18. The second-order valence-electron chi connectivity index (χ2n) is 6.78. The van der Waals surface area contributed by atoms with Crippen molar-refractivity contribution in [3.8, 4) is 5.75 Å². The van der Waals surface area contributed by atoms with Crippen molar-refractivity contribution < 1.29 is 23.5 Å². The van der Waals surface area contributed by atoms with Crippen LogP contribution >= 0.6 is 0 Å². The lowest BCUT2D eigenvalue weighted by Gasteiger charge is -2.17. The number of ether oxygens (including phenoxy) is 2. The average molecular weight is 409 g/mol. The van der Waals surface area contributed by atoms with Crippen LogP contribution in [0.25, 0.3) is 11.0 Å². The minimum Gasteiger partial charge on any atom is -0.445 e. The van der Waals surface area contributed by atoms with E-state index in [2.05, 4.69) is 5.32 Å². The standard InChI is InChI=1S/C23H23NO6/c1-2-3-9-19(24-23(27)28-15-16-7-5-4-6-8-16)22(26)29-18-12-10-17-11-13-21(25)30-20(17)14-18/h4-8,10-14,19H,2-3,9,15H2,1H3,(H,24,27). The molecule has 1 atom stereocenters. The summed E-state index contributed by atoms with van der Waals surface area (Å²) in [7, 11) is 0. The number of alkyl carbamates (subject to hydrolysis) is 1. The molecule has 0 bridgehead atoms. The molecule has 0 radical (unpaired) electrons. The number of esters is 1. The molecule has 0 spiro atoms. The number of hydrogen-bond donors (Lipinski definition) is 1. The number of fused-ring (bicyclic) bond motifs is 1. The van der Waals surface area contributed by atoms with Crippen LogP contribution < -0.4 is 15.7 Å². The van der Waals surface area contributed by atoms with Crippen LogP contribution in [0.4, 0.5) is 4.79 Å². The molecule has 7 heteroatoms. The number of rotatable bonds is 8. The first-order valence-electron chi connectivity index (χ1n) is 9.78. The third kappa shape index (κ3) is 5.94. The second-order valence-corrected chi connectivity index (χ2v) is 6.78. The monoisotopic (exact) mass is 409 g/mol. The minimum absolute atomic E-state index is 0.103. The maximum Gasteiger partial charge on any atom is 0.408 e. The first kappa shape index (κ1) is 21.1. The van der Waals surface area contributed by atoms with Crippen molar-refractivity contribution in [2.24, 2.45) is 0 Å². The third-order valence-corrected chi connectivity index (χ3v) is 4.45. The van der Waals surface area contributed by atoms with Crippen molar-refractivity contribution in [3.05, 3.63) is 76.6 Å². The fraction of sp³-hybridized carbons (Fsp3) is 0.261. The first-order valence-corrected chi connectivity index (χ1v) is 9.78. The summed E-state index contributed by atoms with van der Waals surface area (Å²) in [5, 5.41) is 3.29. The Bertz CT molecular complexity index is 1060. The van der Waals surface area contributed by atoms with Crippen LogP contribution in [0.1, 0.15) is 31.7 Å². The van der Waals surface area contributed by atoms with E-state index in [4.69, 9.17) is 13.9 Å². The van der Waals surface area contributed by atoms with E-state index in [1.54, 1.807) is 18.2 Å². The molecule has 156 valence electrons. The van der Waals surface area contributed by atoms with E-state index in [9.17, 15) is 14.4 Å². The van der Waals surface area contributed by atoms with Gasteiger partial charge in [-0.25, -0.2) is 14.4 Å². The molecule has 7 nitrogen and oxygen atoms in total. The zero-order valence-electron chi connectivity index (χ0n) is 16.6. The molecule has 0 aliphatic heterocycles. The highest BCUT2D eigenvalue weighted by molar-refractivity contribution is 5.84. The molecular weight excluding hydrogens is 386 g/mol. The molecular formula is C23H23NO6. The lowest BCUT2D eigenvalue weighted by atomic mass is 10.1. The van der Waals surface area contributed by atoms with Gasteiger partial charge in [-0.3, -0.25) is 0 Å². The van der Waals surface area contributed by atoms with Crippen LogP contribution in [-0.2, 0) is 16.1 Å². The topological polar surface area (TPSA) is 94.8 Å². The Morgan fingerprint density at radius 1 is 1.07 bits per heavy atom. The van der Waals surface area contributed by atoms with Crippen molar-refractivity contribution >= 4 is 23.0 Å². The second kappa shape index (κ2) is 10.2. The molecule has 0 fully saturated rings. The van der Waals surface area contributed by atoms with Gasteiger partial charge in [-0.1, -0.05) is 50.1 Å². The van der Waals surface area contributed by atoms with Crippen LogP contribution in [0.5, 0.6) is 5.75 Å². The van der Waals surface area contributed by atoms with Crippen molar-refractivity contribution in [1.29, 1.82) is 0 Å². The molecule has 1 amide bonds. The Morgan fingerprint density at radius 2 is 1.83 bits per heavy atom. The van der Waals surface area contributed by atoms with E-state index in [1.165, 1.54) is 12.1 Å². The Hall–Kier alpha value is -3.61. The summed E-state index contributed by atoms with van der Waals surface area (Å²) in [6, 6.07) is 16.1. The molecule has 30 heavy (non-hydrogen) atoms. The summed E-state index contributed by atoms with van der Waals surface area (Å²) in [6.45, 7) is 2.09. The molecule has 3 aromatic rings. The molecule has 1 N–H and O–H groups in total. The van der Waals surface area contributed by atoms with Gasteiger partial charge in [0.15, 0.2) is 0 Å². The maximum atomic E-state index is 12.6. The molecule has 3 rings (SSSR count). The van der Waals surface area contributed by atoms with E-state index in [0.717, 1.165) is 18.4 Å². The highest BCUT2D eigenvalue weighted by Crippen LogP contribution is 2.20. The van der Waals surface area contributed by atoms with Gasteiger partial charge < -0.3 is 19.2 Å². The van der Waals surface area contributed by atoms with E-state index in [-0.39, 0.29) is 12.4 Å². The highest BCUT2D eigenvalue weighted by Gasteiger charge is 2.23. The molecule has 1 heterocycles. The van der Waals surface area contributed by atoms with Gasteiger partial charge in [0, 0.05) is 17.5 Å².